The van der Waals surface area contributed by atoms with E-state index in [1.54, 1.807) is 0 Å². The molecule has 0 aromatic carbocycles. The SMILES string of the molecule is O=C(CC1C=CCC1)NCC1(CCO)CC1. The molecule has 2 aliphatic carbocycles. The highest BCUT2D eigenvalue weighted by atomic mass is 16.3. The van der Waals surface area contributed by atoms with Crippen LogP contribution in [0, 0.1) is 11.3 Å². The van der Waals surface area contributed by atoms with Gasteiger partial charge in [-0.25, -0.2) is 0 Å². The van der Waals surface area contributed by atoms with Crippen LogP contribution in [0.15, 0.2) is 12.2 Å². The molecule has 3 nitrogen and oxygen atoms in total. The minimum Gasteiger partial charge on any atom is -0.396 e. The third-order valence-corrected chi connectivity index (χ3v) is 3.82. The molecule has 16 heavy (non-hydrogen) atoms. The second-order valence-electron chi connectivity index (χ2n) is 5.22. The van der Waals surface area contributed by atoms with Gasteiger partial charge in [0.05, 0.1) is 0 Å². The Bertz CT molecular complexity index is 282. The Hall–Kier alpha value is -0.830. The molecule has 0 spiro atoms. The Kier molecular flexibility index (Phi) is 3.64. The standard InChI is InChI=1S/C13H21NO2/c15-8-7-13(5-6-13)10-14-12(16)9-11-3-1-2-4-11/h1,3,11,15H,2,4-10H2,(H,14,16). The van der Waals surface area contributed by atoms with Crippen molar-refractivity contribution in [2.75, 3.05) is 13.2 Å². The zero-order valence-corrected chi connectivity index (χ0v) is 9.74. The Labute approximate surface area is 96.9 Å². The molecule has 2 rings (SSSR count). The molecule has 3 heteroatoms. The average molecular weight is 223 g/mol. The van der Waals surface area contributed by atoms with Gasteiger partial charge in [-0.2, -0.15) is 0 Å². The summed E-state index contributed by atoms with van der Waals surface area (Å²) in [6.07, 6.45) is 10.3. The number of amides is 1. The van der Waals surface area contributed by atoms with Gasteiger partial charge < -0.3 is 10.4 Å². The summed E-state index contributed by atoms with van der Waals surface area (Å²) in [4.78, 5) is 11.7. The molecule has 0 aromatic rings. The van der Waals surface area contributed by atoms with Crippen molar-refractivity contribution in [3.63, 3.8) is 0 Å². The minimum atomic E-state index is 0.167. The van der Waals surface area contributed by atoms with Gasteiger partial charge in [0.2, 0.25) is 5.91 Å². The van der Waals surface area contributed by atoms with Crippen molar-refractivity contribution in [2.45, 2.75) is 38.5 Å². The summed E-state index contributed by atoms with van der Waals surface area (Å²) in [6.45, 7) is 0.990. The Morgan fingerprint density at radius 3 is 2.88 bits per heavy atom. The fraction of sp³-hybridized carbons (Fsp3) is 0.769. The van der Waals surface area contributed by atoms with Crippen LogP contribution in [0.2, 0.25) is 0 Å². The lowest BCUT2D eigenvalue weighted by Gasteiger charge is -2.15. The van der Waals surface area contributed by atoms with E-state index in [9.17, 15) is 4.79 Å². The lowest BCUT2D eigenvalue weighted by Crippen LogP contribution is -2.31. The summed E-state index contributed by atoms with van der Waals surface area (Å²) < 4.78 is 0. The van der Waals surface area contributed by atoms with Crippen LogP contribution in [0.25, 0.3) is 0 Å². The number of carbonyl (C=O) groups is 1. The quantitative estimate of drug-likeness (QED) is 0.672. The second-order valence-corrected chi connectivity index (χ2v) is 5.22. The van der Waals surface area contributed by atoms with E-state index in [0.717, 1.165) is 38.6 Å². The number of rotatable bonds is 6. The normalized spacial score (nSPS) is 25.7. The highest BCUT2D eigenvalue weighted by Gasteiger charge is 2.41. The maximum atomic E-state index is 11.7. The summed E-state index contributed by atoms with van der Waals surface area (Å²) in [6, 6.07) is 0. The molecule has 0 saturated heterocycles. The third kappa shape index (κ3) is 3.08. The first-order valence-corrected chi connectivity index (χ1v) is 6.28. The molecule has 0 aliphatic heterocycles. The largest absolute Gasteiger partial charge is 0.396 e. The number of nitrogens with one attached hydrogen (secondary N) is 1. The molecule has 0 heterocycles. The molecule has 2 aliphatic rings. The second kappa shape index (κ2) is 5.00. The Balaban J connectivity index is 1.65. The van der Waals surface area contributed by atoms with Crippen molar-refractivity contribution in [1.29, 1.82) is 0 Å². The van der Waals surface area contributed by atoms with Crippen LogP contribution in [0.1, 0.15) is 38.5 Å². The van der Waals surface area contributed by atoms with Crippen LogP contribution < -0.4 is 5.32 Å². The van der Waals surface area contributed by atoms with E-state index in [1.807, 2.05) is 0 Å². The van der Waals surface area contributed by atoms with Crippen LogP contribution in [0.4, 0.5) is 0 Å². The average Bonchev–Trinajstić information content (AvgIpc) is 2.83. The van der Waals surface area contributed by atoms with E-state index in [-0.39, 0.29) is 17.9 Å². The van der Waals surface area contributed by atoms with Crippen molar-refractivity contribution >= 4 is 5.91 Å². The van der Waals surface area contributed by atoms with Crippen LogP contribution in [0.3, 0.4) is 0 Å². The van der Waals surface area contributed by atoms with Crippen molar-refractivity contribution < 1.29 is 9.90 Å². The monoisotopic (exact) mass is 223 g/mol. The lowest BCUT2D eigenvalue weighted by molar-refractivity contribution is -0.122. The molecule has 2 N–H and O–H groups in total. The molecule has 1 amide bonds. The molecular weight excluding hydrogens is 202 g/mol. The van der Waals surface area contributed by atoms with Crippen molar-refractivity contribution in [3.8, 4) is 0 Å². The summed E-state index contributed by atoms with van der Waals surface area (Å²) in [5.74, 6) is 0.619. The molecule has 0 aromatic heterocycles. The highest BCUT2D eigenvalue weighted by Crippen LogP contribution is 2.47. The van der Waals surface area contributed by atoms with Gasteiger partial charge in [0.1, 0.15) is 0 Å². The minimum absolute atomic E-state index is 0.167. The summed E-state index contributed by atoms with van der Waals surface area (Å²) in [5, 5.41) is 11.9. The van der Waals surface area contributed by atoms with Crippen LogP contribution in [-0.2, 0) is 4.79 Å². The smallest absolute Gasteiger partial charge is 0.220 e. The predicted octanol–water partition coefficient (Wildman–Crippen LogP) is 1.62. The van der Waals surface area contributed by atoms with Crippen LogP contribution in [0.5, 0.6) is 0 Å². The molecule has 1 fully saturated rings. The molecule has 90 valence electrons. The van der Waals surface area contributed by atoms with E-state index in [4.69, 9.17) is 5.11 Å². The highest BCUT2D eigenvalue weighted by molar-refractivity contribution is 5.76. The lowest BCUT2D eigenvalue weighted by atomic mass is 10.0. The van der Waals surface area contributed by atoms with Gasteiger partial charge in [-0.1, -0.05) is 12.2 Å². The van der Waals surface area contributed by atoms with E-state index in [2.05, 4.69) is 17.5 Å². The zero-order chi connectivity index (χ0) is 11.4. The first-order chi connectivity index (χ1) is 7.74. The number of carbonyl (C=O) groups excluding carboxylic acids is 1. The van der Waals surface area contributed by atoms with Crippen molar-refractivity contribution in [3.05, 3.63) is 12.2 Å². The summed E-state index contributed by atoms with van der Waals surface area (Å²) in [7, 11) is 0. The Morgan fingerprint density at radius 2 is 2.31 bits per heavy atom. The van der Waals surface area contributed by atoms with Gasteiger partial charge in [0, 0.05) is 19.6 Å². The number of hydrogen-bond donors (Lipinski definition) is 2. The number of hydrogen-bond acceptors (Lipinski definition) is 2. The zero-order valence-electron chi connectivity index (χ0n) is 9.74. The molecule has 0 radical (unpaired) electrons. The molecule has 0 bridgehead atoms. The summed E-state index contributed by atoms with van der Waals surface area (Å²) >= 11 is 0. The maximum Gasteiger partial charge on any atom is 0.220 e. The Morgan fingerprint density at radius 1 is 1.50 bits per heavy atom. The van der Waals surface area contributed by atoms with Crippen molar-refractivity contribution in [1.82, 2.24) is 5.32 Å². The van der Waals surface area contributed by atoms with Gasteiger partial charge >= 0.3 is 0 Å². The fourth-order valence-electron chi connectivity index (χ4n) is 2.39. The van der Waals surface area contributed by atoms with Gasteiger partial charge in [0.15, 0.2) is 0 Å². The summed E-state index contributed by atoms with van der Waals surface area (Å²) in [5.41, 5.74) is 0.232. The molecule has 1 saturated carbocycles. The van der Waals surface area contributed by atoms with Gasteiger partial charge in [-0.3, -0.25) is 4.79 Å². The number of allylic oxidation sites excluding steroid dienone is 2. The number of aliphatic hydroxyl groups excluding tert-OH is 1. The van der Waals surface area contributed by atoms with E-state index >= 15 is 0 Å². The van der Waals surface area contributed by atoms with Gasteiger partial charge in [-0.05, 0) is 43.4 Å². The number of aliphatic hydroxyl groups is 1. The van der Waals surface area contributed by atoms with Crippen LogP contribution in [-0.4, -0.2) is 24.2 Å². The van der Waals surface area contributed by atoms with Gasteiger partial charge in [0.25, 0.3) is 0 Å². The van der Waals surface area contributed by atoms with E-state index < -0.39 is 0 Å². The topological polar surface area (TPSA) is 49.3 Å². The molecule has 1 atom stereocenters. The first-order valence-electron chi connectivity index (χ1n) is 6.28. The van der Waals surface area contributed by atoms with Crippen LogP contribution >= 0.6 is 0 Å². The fourth-order valence-corrected chi connectivity index (χ4v) is 2.39. The maximum absolute atomic E-state index is 11.7. The first kappa shape index (κ1) is 11.6. The predicted molar refractivity (Wildman–Crippen MR) is 62.9 cm³/mol. The van der Waals surface area contributed by atoms with E-state index in [1.165, 1.54) is 0 Å². The molecule has 1 unspecified atom stereocenters. The van der Waals surface area contributed by atoms with Gasteiger partial charge in [-0.15, -0.1) is 0 Å². The third-order valence-electron chi connectivity index (χ3n) is 3.82. The van der Waals surface area contributed by atoms with E-state index in [0.29, 0.717) is 12.3 Å². The van der Waals surface area contributed by atoms with Crippen molar-refractivity contribution in [2.24, 2.45) is 11.3 Å². The molecular formula is C13H21NO2.